The highest BCUT2D eigenvalue weighted by Gasteiger charge is 2.32. The first-order chi connectivity index (χ1) is 15.5. The number of hydrogen-bond donors (Lipinski definition) is 2. The van der Waals surface area contributed by atoms with Crippen molar-refractivity contribution in [2.75, 3.05) is 0 Å². The lowest BCUT2D eigenvalue weighted by Gasteiger charge is -2.33. The van der Waals surface area contributed by atoms with Crippen molar-refractivity contribution in [3.8, 4) is 22.6 Å². The molecule has 2 rings (SSSR count). The molecule has 0 fully saturated rings. The molecule has 34 heavy (non-hydrogen) atoms. The maximum atomic E-state index is 11.4. The van der Waals surface area contributed by atoms with Gasteiger partial charge in [-0.25, -0.2) is 0 Å². The van der Waals surface area contributed by atoms with Crippen LogP contribution in [0.2, 0.25) is 0 Å². The van der Waals surface area contributed by atoms with Crippen LogP contribution in [-0.2, 0) is 21.7 Å². The van der Waals surface area contributed by atoms with Crippen LogP contribution in [0.4, 0.5) is 0 Å². The van der Waals surface area contributed by atoms with Gasteiger partial charge < -0.3 is 10.2 Å². The van der Waals surface area contributed by atoms with Crippen molar-refractivity contribution in [1.82, 2.24) is 0 Å². The number of phenols is 2. The second-order valence-corrected chi connectivity index (χ2v) is 12.8. The lowest BCUT2D eigenvalue weighted by molar-refractivity contribution is 0.399. The Bertz CT molecular complexity index is 864. The van der Waals surface area contributed by atoms with Crippen molar-refractivity contribution in [3.63, 3.8) is 0 Å². The second-order valence-electron chi connectivity index (χ2n) is 12.8. The Morgan fingerprint density at radius 3 is 0.765 bits per heavy atom. The van der Waals surface area contributed by atoms with Gasteiger partial charge in [-0.05, 0) is 82.7 Å². The lowest BCUT2D eigenvalue weighted by atomic mass is 9.72. The van der Waals surface area contributed by atoms with Gasteiger partial charge in [0.05, 0.1) is 0 Å². The van der Waals surface area contributed by atoms with Crippen LogP contribution >= 0.6 is 0 Å². The second kappa shape index (κ2) is 9.59. The van der Waals surface area contributed by atoms with E-state index in [9.17, 15) is 10.2 Å². The van der Waals surface area contributed by atoms with E-state index in [1.807, 2.05) is 0 Å². The van der Waals surface area contributed by atoms with E-state index < -0.39 is 0 Å². The van der Waals surface area contributed by atoms with E-state index in [1.54, 1.807) is 0 Å². The van der Waals surface area contributed by atoms with Gasteiger partial charge in [0, 0.05) is 22.3 Å². The third-order valence-electron chi connectivity index (χ3n) is 9.01. The molecule has 0 heterocycles. The molecule has 0 bridgehead atoms. The SMILES string of the molecule is CCC(C)(C)c1cc(-c2cc(C(C)(C)CC)c(O)c(C(C)(C)CC)c2)cc(C(C)(C)CC)c1O. The first-order valence-electron chi connectivity index (χ1n) is 13.2. The molecule has 0 aliphatic rings. The monoisotopic (exact) mass is 466 g/mol. The summed E-state index contributed by atoms with van der Waals surface area (Å²) in [6, 6.07) is 8.75. The summed E-state index contributed by atoms with van der Waals surface area (Å²) in [4.78, 5) is 0. The van der Waals surface area contributed by atoms with E-state index in [0.29, 0.717) is 11.5 Å². The van der Waals surface area contributed by atoms with Gasteiger partial charge in [-0.3, -0.25) is 0 Å². The van der Waals surface area contributed by atoms with Crippen molar-refractivity contribution < 1.29 is 10.2 Å². The Morgan fingerprint density at radius 1 is 0.441 bits per heavy atom. The number of benzene rings is 2. The summed E-state index contributed by atoms with van der Waals surface area (Å²) in [6.07, 6.45) is 3.75. The van der Waals surface area contributed by atoms with Crippen molar-refractivity contribution >= 4 is 0 Å². The molecule has 0 amide bonds. The molecule has 2 aromatic rings. The van der Waals surface area contributed by atoms with E-state index in [-0.39, 0.29) is 21.7 Å². The minimum atomic E-state index is -0.146. The van der Waals surface area contributed by atoms with Gasteiger partial charge in [-0.2, -0.15) is 0 Å². The van der Waals surface area contributed by atoms with E-state index in [2.05, 4.69) is 107 Å². The zero-order valence-electron chi connectivity index (χ0n) is 24.0. The van der Waals surface area contributed by atoms with Crippen LogP contribution < -0.4 is 0 Å². The summed E-state index contributed by atoms with van der Waals surface area (Å²) in [5.74, 6) is 0.869. The van der Waals surface area contributed by atoms with Crippen molar-refractivity contribution in [3.05, 3.63) is 46.5 Å². The molecule has 0 aliphatic carbocycles. The molecule has 0 spiro atoms. The van der Waals surface area contributed by atoms with Gasteiger partial charge in [0.1, 0.15) is 11.5 Å². The maximum Gasteiger partial charge on any atom is 0.123 e. The first kappa shape index (κ1) is 28.3. The topological polar surface area (TPSA) is 40.5 Å². The highest BCUT2D eigenvalue weighted by atomic mass is 16.3. The van der Waals surface area contributed by atoms with E-state index in [1.165, 1.54) is 0 Å². The zero-order chi connectivity index (χ0) is 26.3. The Balaban J connectivity index is 3.03. The van der Waals surface area contributed by atoms with Gasteiger partial charge >= 0.3 is 0 Å². The normalized spacial score (nSPS) is 13.4. The number of rotatable bonds is 9. The van der Waals surface area contributed by atoms with Gasteiger partial charge in [0.2, 0.25) is 0 Å². The molecule has 190 valence electrons. The van der Waals surface area contributed by atoms with Crippen molar-refractivity contribution in [1.29, 1.82) is 0 Å². The molecular formula is C32H50O2. The van der Waals surface area contributed by atoms with Crippen LogP contribution in [-0.4, -0.2) is 10.2 Å². The molecule has 0 aromatic heterocycles. The highest BCUT2D eigenvalue weighted by molar-refractivity contribution is 5.73. The first-order valence-corrected chi connectivity index (χ1v) is 13.2. The quantitative estimate of drug-likeness (QED) is 0.386. The molecule has 0 saturated carbocycles. The highest BCUT2D eigenvalue weighted by Crippen LogP contribution is 2.47. The predicted molar refractivity (Wildman–Crippen MR) is 148 cm³/mol. The fraction of sp³-hybridized carbons (Fsp3) is 0.625. The van der Waals surface area contributed by atoms with Crippen LogP contribution in [0.3, 0.4) is 0 Å². The minimum absolute atomic E-state index is 0.146. The third kappa shape index (κ3) is 5.16. The molecule has 0 unspecified atom stereocenters. The average molecular weight is 467 g/mol. The molecular weight excluding hydrogens is 416 g/mol. The molecule has 2 aromatic carbocycles. The molecule has 2 N–H and O–H groups in total. The maximum absolute atomic E-state index is 11.4. The number of aromatic hydroxyl groups is 2. The van der Waals surface area contributed by atoms with Crippen LogP contribution in [0.25, 0.3) is 11.1 Å². The predicted octanol–water partition coefficient (Wildman–Crippen LogP) is 9.52. The van der Waals surface area contributed by atoms with Gasteiger partial charge in [-0.1, -0.05) is 83.1 Å². The standard InChI is InChI=1S/C32H50O2/c1-13-29(5,6)23-17-21(18-24(27(23)33)30(7,8)14-2)22-19-25(31(9,10)15-3)28(34)26(20-22)32(11,12)16-4/h17-20,33-34H,13-16H2,1-12H3. The Morgan fingerprint density at radius 2 is 0.618 bits per heavy atom. The molecule has 2 heteroatoms. The fourth-order valence-electron chi connectivity index (χ4n) is 4.43. The molecule has 2 nitrogen and oxygen atoms in total. The van der Waals surface area contributed by atoms with Crippen LogP contribution in [0, 0.1) is 0 Å². The lowest BCUT2D eigenvalue weighted by Crippen LogP contribution is -2.22. The van der Waals surface area contributed by atoms with Crippen molar-refractivity contribution in [2.45, 2.75) is 130 Å². The average Bonchev–Trinajstić information content (AvgIpc) is 2.78. The van der Waals surface area contributed by atoms with Gasteiger partial charge in [0.15, 0.2) is 0 Å². The zero-order valence-corrected chi connectivity index (χ0v) is 24.0. The summed E-state index contributed by atoms with van der Waals surface area (Å²) in [6.45, 7) is 26.4. The third-order valence-corrected chi connectivity index (χ3v) is 9.01. The number of hydrogen-bond acceptors (Lipinski definition) is 2. The Hall–Kier alpha value is -1.96. The van der Waals surface area contributed by atoms with E-state index >= 15 is 0 Å². The van der Waals surface area contributed by atoms with E-state index in [4.69, 9.17) is 0 Å². The molecule has 0 aliphatic heterocycles. The summed E-state index contributed by atoms with van der Waals surface area (Å²) >= 11 is 0. The van der Waals surface area contributed by atoms with Gasteiger partial charge in [0.25, 0.3) is 0 Å². The minimum Gasteiger partial charge on any atom is -0.507 e. The summed E-state index contributed by atoms with van der Waals surface area (Å²) in [5.41, 5.74) is 5.67. The van der Waals surface area contributed by atoms with E-state index in [0.717, 1.165) is 59.1 Å². The van der Waals surface area contributed by atoms with Crippen LogP contribution in [0.15, 0.2) is 24.3 Å². The summed E-state index contributed by atoms with van der Waals surface area (Å²) < 4.78 is 0. The molecule has 0 radical (unpaired) electrons. The summed E-state index contributed by atoms with van der Waals surface area (Å²) in [7, 11) is 0. The Labute approximate surface area is 209 Å². The van der Waals surface area contributed by atoms with Crippen LogP contribution in [0.1, 0.15) is 131 Å². The fourth-order valence-corrected chi connectivity index (χ4v) is 4.43. The number of phenolic OH excluding ortho intramolecular Hbond substituents is 2. The van der Waals surface area contributed by atoms with Crippen LogP contribution in [0.5, 0.6) is 11.5 Å². The molecule has 0 atom stereocenters. The summed E-state index contributed by atoms with van der Waals surface area (Å²) in [5, 5.41) is 22.9. The van der Waals surface area contributed by atoms with Gasteiger partial charge in [-0.15, -0.1) is 0 Å². The Kier molecular flexibility index (Phi) is 7.98. The van der Waals surface area contributed by atoms with Crippen molar-refractivity contribution in [2.24, 2.45) is 0 Å². The molecule has 0 saturated heterocycles. The largest absolute Gasteiger partial charge is 0.507 e. The smallest absolute Gasteiger partial charge is 0.123 e.